The number of nitrogens with zero attached hydrogens (tertiary/aromatic N) is 2. The summed E-state index contributed by atoms with van der Waals surface area (Å²) in [5.41, 5.74) is 1.74. The van der Waals surface area contributed by atoms with Crippen molar-refractivity contribution in [1.29, 1.82) is 0 Å². The van der Waals surface area contributed by atoms with Crippen molar-refractivity contribution in [1.82, 2.24) is 5.32 Å². The van der Waals surface area contributed by atoms with E-state index in [2.05, 4.69) is 15.3 Å². The third-order valence-electron chi connectivity index (χ3n) is 2.99. The minimum absolute atomic E-state index is 0.200. The monoisotopic (exact) mass is 273 g/mol. The highest BCUT2D eigenvalue weighted by molar-refractivity contribution is 6.33. The smallest absolute Gasteiger partial charge is 0.407 e. The molecule has 0 saturated heterocycles. The van der Waals surface area contributed by atoms with E-state index in [-0.39, 0.29) is 18.7 Å². The highest BCUT2D eigenvalue weighted by Gasteiger charge is 2.15. The Balaban J connectivity index is 1.78. The molecule has 0 aromatic heterocycles. The molecule has 1 aliphatic rings. The number of aliphatic imine (C=N–C) groups is 2. The molecule has 1 amide bonds. The maximum atomic E-state index is 11.7. The van der Waals surface area contributed by atoms with Crippen LogP contribution in [-0.4, -0.2) is 36.6 Å². The molecule has 20 heavy (non-hydrogen) atoms. The van der Waals surface area contributed by atoms with Crippen LogP contribution in [0.25, 0.3) is 0 Å². The van der Waals surface area contributed by atoms with Gasteiger partial charge in [0.05, 0.1) is 24.3 Å². The van der Waals surface area contributed by atoms with Crippen LogP contribution in [0.15, 0.2) is 40.3 Å². The van der Waals surface area contributed by atoms with E-state index in [1.54, 1.807) is 6.21 Å². The van der Waals surface area contributed by atoms with E-state index in [1.165, 1.54) is 0 Å². The normalized spacial score (nSPS) is 19.1. The van der Waals surface area contributed by atoms with Crippen molar-refractivity contribution in [3.63, 3.8) is 0 Å². The quantitative estimate of drug-likeness (QED) is 0.914. The number of ether oxygens (including phenoxy) is 1. The van der Waals surface area contributed by atoms with Crippen LogP contribution in [0.3, 0.4) is 0 Å². The molecule has 1 aromatic rings. The molecule has 1 heterocycles. The van der Waals surface area contributed by atoms with Crippen molar-refractivity contribution >= 4 is 18.0 Å². The van der Waals surface area contributed by atoms with E-state index in [1.807, 2.05) is 44.2 Å². The molecule has 0 aliphatic carbocycles. The van der Waals surface area contributed by atoms with Crippen molar-refractivity contribution in [3.05, 3.63) is 35.9 Å². The summed E-state index contributed by atoms with van der Waals surface area (Å²) in [6.07, 6.45) is 1.27. The van der Waals surface area contributed by atoms with Gasteiger partial charge in [0.2, 0.25) is 0 Å². The number of amides is 1. The van der Waals surface area contributed by atoms with E-state index in [9.17, 15) is 4.79 Å². The molecule has 5 nitrogen and oxygen atoms in total. The van der Waals surface area contributed by atoms with Gasteiger partial charge in [0.15, 0.2) is 0 Å². The van der Waals surface area contributed by atoms with E-state index in [0.717, 1.165) is 11.3 Å². The van der Waals surface area contributed by atoms with Gasteiger partial charge < -0.3 is 10.1 Å². The number of carbonyl (C=O) groups is 1. The number of alkyl carbamates (subject to hydrolysis) is 1. The molecule has 0 spiro atoms. The first-order valence-corrected chi connectivity index (χ1v) is 6.70. The number of carbonyl (C=O) groups excluding carboxylic acids is 1. The van der Waals surface area contributed by atoms with Crippen LogP contribution in [-0.2, 0) is 11.3 Å². The zero-order valence-electron chi connectivity index (χ0n) is 11.7. The van der Waals surface area contributed by atoms with Crippen molar-refractivity contribution in [2.24, 2.45) is 9.98 Å². The zero-order chi connectivity index (χ0) is 14.4. The van der Waals surface area contributed by atoms with Crippen molar-refractivity contribution in [2.75, 3.05) is 6.54 Å². The maximum Gasteiger partial charge on any atom is 0.407 e. The summed E-state index contributed by atoms with van der Waals surface area (Å²) < 4.78 is 5.16. The lowest BCUT2D eigenvalue weighted by Gasteiger charge is -2.17. The summed E-state index contributed by atoms with van der Waals surface area (Å²) in [5, 5.41) is 2.75. The van der Waals surface area contributed by atoms with Gasteiger partial charge in [-0.2, -0.15) is 0 Å². The standard InChI is InChI=1S/C15H19N3O2/c1-11-8-17-14(9-16-11)12(2)18-15(19)20-10-13-6-4-3-5-7-13/h3-7,9,11-12H,8,10H2,1-2H3,(H,18,19)/t11?,12-/m0/s1. The highest BCUT2D eigenvalue weighted by Crippen LogP contribution is 2.02. The van der Waals surface area contributed by atoms with Crippen LogP contribution < -0.4 is 5.32 Å². The number of hydrogen-bond acceptors (Lipinski definition) is 4. The fraction of sp³-hybridized carbons (Fsp3) is 0.400. The van der Waals surface area contributed by atoms with Crippen molar-refractivity contribution in [2.45, 2.75) is 32.5 Å². The van der Waals surface area contributed by atoms with E-state index >= 15 is 0 Å². The first kappa shape index (κ1) is 14.2. The number of hydrogen-bond donors (Lipinski definition) is 1. The Hall–Kier alpha value is -2.17. The van der Waals surface area contributed by atoms with Gasteiger partial charge in [-0.25, -0.2) is 4.79 Å². The first-order valence-electron chi connectivity index (χ1n) is 6.70. The number of nitrogens with one attached hydrogen (secondary N) is 1. The van der Waals surface area contributed by atoms with Gasteiger partial charge >= 0.3 is 6.09 Å². The van der Waals surface area contributed by atoms with E-state index < -0.39 is 6.09 Å². The molecule has 106 valence electrons. The zero-order valence-corrected chi connectivity index (χ0v) is 11.7. The van der Waals surface area contributed by atoms with Crippen LogP contribution >= 0.6 is 0 Å². The van der Waals surface area contributed by atoms with Gasteiger partial charge in [0.1, 0.15) is 6.61 Å². The van der Waals surface area contributed by atoms with Crippen LogP contribution in [0.4, 0.5) is 4.79 Å². The van der Waals surface area contributed by atoms with Gasteiger partial charge in [0.25, 0.3) is 0 Å². The lowest BCUT2D eigenvalue weighted by atomic mass is 10.2. The van der Waals surface area contributed by atoms with Crippen LogP contribution in [0, 0.1) is 0 Å². The third kappa shape index (κ3) is 4.19. The fourth-order valence-corrected chi connectivity index (χ4v) is 1.79. The Labute approximate surface area is 118 Å². The van der Waals surface area contributed by atoms with Crippen LogP contribution in [0.2, 0.25) is 0 Å². The Morgan fingerprint density at radius 1 is 1.45 bits per heavy atom. The lowest BCUT2D eigenvalue weighted by Crippen LogP contribution is -2.40. The maximum absolute atomic E-state index is 11.7. The van der Waals surface area contributed by atoms with Gasteiger partial charge in [-0.1, -0.05) is 30.3 Å². The van der Waals surface area contributed by atoms with Gasteiger partial charge in [-0.15, -0.1) is 0 Å². The van der Waals surface area contributed by atoms with Crippen LogP contribution in [0.5, 0.6) is 0 Å². The second-order valence-corrected chi connectivity index (χ2v) is 4.82. The molecule has 2 atom stereocenters. The van der Waals surface area contributed by atoms with Crippen molar-refractivity contribution < 1.29 is 9.53 Å². The van der Waals surface area contributed by atoms with Gasteiger partial charge in [-0.05, 0) is 19.4 Å². The Morgan fingerprint density at radius 3 is 2.85 bits per heavy atom. The molecule has 0 bridgehead atoms. The summed E-state index contributed by atoms with van der Waals surface area (Å²) in [6, 6.07) is 9.59. The minimum Gasteiger partial charge on any atom is -0.445 e. The average Bonchev–Trinajstić information content (AvgIpc) is 2.47. The Morgan fingerprint density at radius 2 is 2.20 bits per heavy atom. The molecule has 1 aliphatic heterocycles. The lowest BCUT2D eigenvalue weighted by molar-refractivity contribution is 0.138. The molecule has 1 N–H and O–H groups in total. The highest BCUT2D eigenvalue weighted by atomic mass is 16.5. The van der Waals surface area contributed by atoms with E-state index in [4.69, 9.17) is 4.74 Å². The topological polar surface area (TPSA) is 63.0 Å². The summed E-state index contributed by atoms with van der Waals surface area (Å²) >= 11 is 0. The Kier molecular flexibility index (Phi) is 4.87. The summed E-state index contributed by atoms with van der Waals surface area (Å²) in [7, 11) is 0. The SMILES string of the molecule is CC1CN=C([C@H](C)NC(=O)OCc2ccccc2)C=N1. The third-order valence-corrected chi connectivity index (χ3v) is 2.99. The number of rotatable bonds is 4. The minimum atomic E-state index is -0.448. The molecule has 0 saturated carbocycles. The summed E-state index contributed by atoms with van der Waals surface area (Å²) in [6.45, 7) is 4.79. The average molecular weight is 273 g/mol. The molecule has 0 fully saturated rings. The predicted octanol–water partition coefficient (Wildman–Crippen LogP) is 2.22. The molecule has 0 radical (unpaired) electrons. The predicted molar refractivity (Wildman–Crippen MR) is 79.5 cm³/mol. The fourth-order valence-electron chi connectivity index (χ4n) is 1.79. The molecular formula is C15H19N3O2. The van der Waals surface area contributed by atoms with Gasteiger partial charge in [-0.3, -0.25) is 9.98 Å². The summed E-state index contributed by atoms with van der Waals surface area (Å²) in [4.78, 5) is 20.4. The molecular weight excluding hydrogens is 254 g/mol. The van der Waals surface area contributed by atoms with Gasteiger partial charge in [0, 0.05) is 6.21 Å². The molecule has 1 unspecified atom stereocenters. The second kappa shape index (κ2) is 6.84. The number of benzene rings is 1. The largest absolute Gasteiger partial charge is 0.445 e. The Bertz CT molecular complexity index is 511. The molecule has 5 heteroatoms. The molecule has 1 aromatic carbocycles. The summed E-state index contributed by atoms with van der Waals surface area (Å²) in [5.74, 6) is 0. The first-order chi connectivity index (χ1) is 9.65. The molecule has 2 rings (SSSR count). The van der Waals surface area contributed by atoms with Crippen molar-refractivity contribution in [3.8, 4) is 0 Å². The van der Waals surface area contributed by atoms with Crippen LogP contribution in [0.1, 0.15) is 19.4 Å². The van der Waals surface area contributed by atoms with E-state index in [0.29, 0.717) is 6.54 Å². The second-order valence-electron chi connectivity index (χ2n) is 4.82.